The predicted molar refractivity (Wildman–Crippen MR) is 75.6 cm³/mol. The van der Waals surface area contributed by atoms with Crippen LogP contribution >= 0.6 is 37.2 Å². The summed E-state index contributed by atoms with van der Waals surface area (Å²) in [5.74, 6) is 0. The Bertz CT molecular complexity index is 259. The van der Waals surface area contributed by atoms with Gasteiger partial charge in [-0.05, 0) is 0 Å². The fraction of sp³-hybridized carbons (Fsp3) is 0.667. The first kappa shape index (κ1) is 25.9. The minimum atomic E-state index is 0. The molecule has 0 aliphatic heterocycles. The van der Waals surface area contributed by atoms with Crippen molar-refractivity contribution in [1.82, 2.24) is 0 Å². The normalized spacial score (nSPS) is 22.2. The molecular weight excluding hydrogens is 342 g/mol. The van der Waals surface area contributed by atoms with Crippen LogP contribution in [0.25, 0.3) is 0 Å². The largest absolute Gasteiger partial charge is 0.263 e. The number of hydrogen-bond donors (Lipinski definition) is 0. The molecule has 0 bridgehead atoms. The number of rotatable bonds is 2. The van der Waals surface area contributed by atoms with Gasteiger partial charge in [-0.1, -0.05) is 46.0 Å². The van der Waals surface area contributed by atoms with Gasteiger partial charge in [0.2, 0.25) is 0 Å². The van der Waals surface area contributed by atoms with Crippen LogP contribution in [-0.2, 0) is 26.2 Å². The standard InChI is InChI=1S/C12H19.3ClH.Zr/c1-6-7-12(5)8-9(2)10(3)11(12)4;;;;/h6-7H2,1-5H3;3*1H;/q-1;;;;. The first-order valence-corrected chi connectivity index (χ1v) is 4.81. The maximum atomic E-state index is 3.57. The van der Waals surface area contributed by atoms with E-state index in [-0.39, 0.29) is 68.8 Å². The van der Waals surface area contributed by atoms with Crippen molar-refractivity contribution in [1.29, 1.82) is 0 Å². The zero-order chi connectivity index (χ0) is 9.35. The van der Waals surface area contributed by atoms with Crippen LogP contribution in [0.15, 0.2) is 16.7 Å². The average molecular weight is 364 g/mol. The summed E-state index contributed by atoms with van der Waals surface area (Å²) in [4.78, 5) is 0. The zero-order valence-corrected chi connectivity index (χ0v) is 15.5. The zero-order valence-electron chi connectivity index (χ0n) is 10.6. The van der Waals surface area contributed by atoms with Gasteiger partial charge in [-0.3, -0.25) is 6.08 Å². The first-order chi connectivity index (χ1) is 5.51. The van der Waals surface area contributed by atoms with Crippen LogP contribution in [0.2, 0.25) is 0 Å². The molecule has 1 unspecified atom stereocenters. The Morgan fingerprint density at radius 2 is 1.50 bits per heavy atom. The van der Waals surface area contributed by atoms with Crippen molar-refractivity contribution in [2.45, 2.75) is 47.5 Å². The van der Waals surface area contributed by atoms with Gasteiger partial charge in [0.25, 0.3) is 0 Å². The molecular formula is C12H22Cl3Zr-. The van der Waals surface area contributed by atoms with E-state index >= 15 is 0 Å². The maximum Gasteiger partial charge on any atom is 0 e. The quantitative estimate of drug-likeness (QED) is 0.595. The van der Waals surface area contributed by atoms with E-state index in [4.69, 9.17) is 0 Å². The Morgan fingerprint density at radius 3 is 1.75 bits per heavy atom. The second-order valence-corrected chi connectivity index (χ2v) is 4.08. The van der Waals surface area contributed by atoms with E-state index in [0.717, 1.165) is 0 Å². The molecule has 0 N–H and O–H groups in total. The van der Waals surface area contributed by atoms with Gasteiger partial charge in [-0.2, -0.15) is 11.1 Å². The minimum absolute atomic E-state index is 0. The minimum Gasteiger partial charge on any atom is -0.263 e. The van der Waals surface area contributed by atoms with Crippen molar-refractivity contribution in [3.8, 4) is 0 Å². The summed E-state index contributed by atoms with van der Waals surface area (Å²) in [6.45, 7) is 11.2. The number of halogens is 3. The summed E-state index contributed by atoms with van der Waals surface area (Å²) in [5.41, 5.74) is 4.55. The summed E-state index contributed by atoms with van der Waals surface area (Å²) >= 11 is 0. The molecule has 0 heterocycles. The number of hydrogen-bond acceptors (Lipinski definition) is 0. The van der Waals surface area contributed by atoms with Crippen LogP contribution in [-0.4, -0.2) is 0 Å². The summed E-state index contributed by atoms with van der Waals surface area (Å²) < 4.78 is 0. The van der Waals surface area contributed by atoms with Crippen LogP contribution in [0.5, 0.6) is 0 Å². The third kappa shape index (κ3) is 5.25. The van der Waals surface area contributed by atoms with E-state index in [1.54, 1.807) is 0 Å². The van der Waals surface area contributed by atoms with Gasteiger partial charge in [0.05, 0.1) is 0 Å². The molecule has 0 radical (unpaired) electrons. The van der Waals surface area contributed by atoms with Crippen molar-refractivity contribution in [3.05, 3.63) is 22.8 Å². The van der Waals surface area contributed by atoms with Gasteiger partial charge in [-0.15, -0.1) is 44.1 Å². The molecule has 1 rings (SSSR count). The third-order valence-electron chi connectivity index (χ3n) is 3.17. The van der Waals surface area contributed by atoms with Gasteiger partial charge < -0.3 is 0 Å². The van der Waals surface area contributed by atoms with Crippen LogP contribution in [0.4, 0.5) is 0 Å². The summed E-state index contributed by atoms with van der Waals surface area (Å²) in [5, 5.41) is 0. The molecule has 0 aromatic rings. The van der Waals surface area contributed by atoms with Gasteiger partial charge in [0.1, 0.15) is 0 Å². The summed E-state index contributed by atoms with van der Waals surface area (Å²) in [7, 11) is 0. The van der Waals surface area contributed by atoms with Gasteiger partial charge in [0.15, 0.2) is 0 Å². The van der Waals surface area contributed by atoms with E-state index in [1.807, 2.05) is 0 Å². The molecule has 0 spiro atoms. The Balaban J connectivity index is -0.000000180. The third-order valence-corrected chi connectivity index (χ3v) is 3.17. The molecule has 1 aliphatic carbocycles. The first-order valence-electron chi connectivity index (χ1n) is 4.81. The molecule has 0 nitrogen and oxygen atoms in total. The van der Waals surface area contributed by atoms with Gasteiger partial charge in [-0.25, -0.2) is 5.57 Å². The average Bonchev–Trinajstić information content (AvgIpc) is 2.17. The summed E-state index contributed by atoms with van der Waals surface area (Å²) in [6.07, 6.45) is 6.04. The van der Waals surface area contributed by atoms with Gasteiger partial charge >= 0.3 is 0 Å². The smallest absolute Gasteiger partial charge is 0 e. The van der Waals surface area contributed by atoms with E-state index in [1.165, 1.54) is 29.6 Å². The molecule has 96 valence electrons. The second-order valence-electron chi connectivity index (χ2n) is 4.08. The van der Waals surface area contributed by atoms with Crippen molar-refractivity contribution < 1.29 is 26.2 Å². The van der Waals surface area contributed by atoms with Crippen LogP contribution in [0, 0.1) is 11.5 Å². The summed E-state index contributed by atoms with van der Waals surface area (Å²) in [6, 6.07) is 0. The molecule has 1 atom stereocenters. The Morgan fingerprint density at radius 1 is 1.06 bits per heavy atom. The Labute approximate surface area is 138 Å². The molecule has 0 aromatic heterocycles. The molecule has 1 aliphatic rings. The fourth-order valence-electron chi connectivity index (χ4n) is 2.05. The Hall–Kier alpha value is 1.23. The fourth-order valence-corrected chi connectivity index (χ4v) is 2.05. The van der Waals surface area contributed by atoms with Crippen molar-refractivity contribution in [3.63, 3.8) is 0 Å². The van der Waals surface area contributed by atoms with Gasteiger partial charge in [0, 0.05) is 26.2 Å². The molecule has 0 fully saturated rings. The van der Waals surface area contributed by atoms with E-state index < -0.39 is 0 Å². The molecule has 0 saturated carbocycles. The van der Waals surface area contributed by atoms with Crippen LogP contribution in [0.1, 0.15) is 47.5 Å². The topological polar surface area (TPSA) is 0 Å². The van der Waals surface area contributed by atoms with Crippen LogP contribution < -0.4 is 0 Å². The molecule has 0 saturated heterocycles. The van der Waals surface area contributed by atoms with Crippen LogP contribution in [0.3, 0.4) is 0 Å². The van der Waals surface area contributed by atoms with Crippen molar-refractivity contribution in [2.24, 2.45) is 5.41 Å². The SMILES string of the molecule is CCCC1(C)[C-]=C(C)C(C)=C1C.Cl.Cl.Cl.[Zr]. The molecule has 0 amide bonds. The van der Waals surface area contributed by atoms with E-state index in [2.05, 4.69) is 40.7 Å². The predicted octanol–water partition coefficient (Wildman–Crippen LogP) is 5.16. The van der Waals surface area contributed by atoms with Crippen molar-refractivity contribution >= 4 is 37.2 Å². The van der Waals surface area contributed by atoms with E-state index in [9.17, 15) is 0 Å². The molecule has 16 heavy (non-hydrogen) atoms. The van der Waals surface area contributed by atoms with E-state index in [0.29, 0.717) is 0 Å². The molecule has 4 heteroatoms. The molecule has 0 aromatic carbocycles. The Kier molecular flexibility index (Phi) is 16.5. The second kappa shape index (κ2) is 10.2. The van der Waals surface area contributed by atoms with Crippen molar-refractivity contribution in [2.75, 3.05) is 0 Å². The number of allylic oxidation sites excluding steroid dienone is 4. The monoisotopic (exact) mass is 361 g/mol. The maximum absolute atomic E-state index is 3.57.